The number of hydrogen-bond acceptors (Lipinski definition) is 4. The van der Waals surface area contributed by atoms with E-state index in [0.717, 1.165) is 43.6 Å². The fourth-order valence-corrected chi connectivity index (χ4v) is 6.12. The number of carbonyl (C=O) groups excluding carboxylic acids is 2. The van der Waals surface area contributed by atoms with E-state index in [1.807, 2.05) is 24.8 Å². The van der Waals surface area contributed by atoms with Gasteiger partial charge in [-0.3, -0.25) is 9.59 Å². The first-order valence-corrected chi connectivity index (χ1v) is 11.5. The van der Waals surface area contributed by atoms with Crippen LogP contribution in [0.15, 0.2) is 36.7 Å². The van der Waals surface area contributed by atoms with E-state index in [4.69, 9.17) is 0 Å². The van der Waals surface area contributed by atoms with Crippen molar-refractivity contribution in [2.45, 2.75) is 58.0 Å². The summed E-state index contributed by atoms with van der Waals surface area (Å²) in [5.74, 6) is 0.991. The van der Waals surface area contributed by atoms with Gasteiger partial charge in [-0.05, 0) is 56.9 Å². The number of aromatic nitrogens is 2. The molecule has 0 N–H and O–H groups in total. The zero-order chi connectivity index (χ0) is 21.5. The molecule has 5 rings (SSSR count). The summed E-state index contributed by atoms with van der Waals surface area (Å²) in [5, 5.41) is 0. The molecule has 0 saturated carbocycles. The van der Waals surface area contributed by atoms with E-state index in [0.29, 0.717) is 36.3 Å². The van der Waals surface area contributed by atoms with Crippen LogP contribution in [0.4, 0.5) is 0 Å². The molecule has 2 bridgehead atoms. The highest BCUT2D eigenvalue weighted by Crippen LogP contribution is 2.43. The second kappa shape index (κ2) is 8.06. The molecular formula is C25H30N4O2. The van der Waals surface area contributed by atoms with Crippen LogP contribution in [0.2, 0.25) is 0 Å². The summed E-state index contributed by atoms with van der Waals surface area (Å²) in [4.78, 5) is 39.3. The van der Waals surface area contributed by atoms with Crippen molar-refractivity contribution in [3.8, 4) is 0 Å². The van der Waals surface area contributed by atoms with Gasteiger partial charge in [0.15, 0.2) is 0 Å². The fourth-order valence-electron chi connectivity index (χ4n) is 6.12. The van der Waals surface area contributed by atoms with Crippen LogP contribution in [0.25, 0.3) is 0 Å². The van der Waals surface area contributed by atoms with Crippen molar-refractivity contribution >= 4 is 11.8 Å². The van der Waals surface area contributed by atoms with Gasteiger partial charge in [-0.2, -0.15) is 0 Å². The van der Waals surface area contributed by atoms with Gasteiger partial charge in [0.2, 0.25) is 5.91 Å². The van der Waals surface area contributed by atoms with Crippen molar-refractivity contribution in [2.24, 2.45) is 11.8 Å². The highest BCUT2D eigenvalue weighted by atomic mass is 16.2. The minimum Gasteiger partial charge on any atom is -0.338 e. The molecule has 4 heterocycles. The molecule has 3 saturated heterocycles. The molecule has 0 radical (unpaired) electrons. The molecule has 3 aliphatic rings. The summed E-state index contributed by atoms with van der Waals surface area (Å²) in [6.07, 6.45) is 6.13. The van der Waals surface area contributed by atoms with Gasteiger partial charge in [0.1, 0.15) is 6.33 Å². The predicted molar refractivity (Wildman–Crippen MR) is 117 cm³/mol. The van der Waals surface area contributed by atoms with Crippen molar-refractivity contribution in [2.75, 3.05) is 13.1 Å². The number of hydrogen-bond donors (Lipinski definition) is 0. The Balaban J connectivity index is 1.46. The van der Waals surface area contributed by atoms with E-state index in [9.17, 15) is 9.59 Å². The highest BCUT2D eigenvalue weighted by Gasteiger charge is 2.50. The Bertz CT molecular complexity index is 972. The van der Waals surface area contributed by atoms with Crippen LogP contribution in [-0.4, -0.2) is 56.8 Å². The maximum Gasteiger partial charge on any atom is 0.257 e. The summed E-state index contributed by atoms with van der Waals surface area (Å²) in [6, 6.07) is 10.9. The monoisotopic (exact) mass is 418 g/mol. The largest absolute Gasteiger partial charge is 0.338 e. The Kier molecular flexibility index (Phi) is 5.24. The molecule has 4 atom stereocenters. The molecule has 6 heteroatoms. The lowest BCUT2D eigenvalue weighted by Crippen LogP contribution is -2.66. The third-order valence-electron chi connectivity index (χ3n) is 7.51. The number of amides is 2. The smallest absolute Gasteiger partial charge is 0.257 e. The van der Waals surface area contributed by atoms with Gasteiger partial charge in [0.25, 0.3) is 5.91 Å². The van der Waals surface area contributed by atoms with Crippen LogP contribution in [0.1, 0.15) is 53.0 Å². The fraction of sp³-hybridized carbons (Fsp3) is 0.520. The van der Waals surface area contributed by atoms with E-state index in [1.165, 1.54) is 11.9 Å². The second-order valence-corrected chi connectivity index (χ2v) is 9.40. The molecule has 162 valence electrons. The Labute approximate surface area is 183 Å². The molecule has 0 spiro atoms. The number of nitrogens with zero attached hydrogens (tertiary/aromatic N) is 4. The average Bonchev–Trinajstić information content (AvgIpc) is 2.77. The normalized spacial score (nSPS) is 27.7. The quantitative estimate of drug-likeness (QED) is 0.768. The van der Waals surface area contributed by atoms with Crippen molar-refractivity contribution in [3.63, 3.8) is 0 Å². The molecule has 6 nitrogen and oxygen atoms in total. The Hall–Kier alpha value is -2.76. The molecule has 3 fully saturated rings. The number of likely N-dealkylation sites (tertiary alicyclic amines) is 1. The molecule has 31 heavy (non-hydrogen) atoms. The number of rotatable bonds is 3. The first-order valence-electron chi connectivity index (χ1n) is 11.5. The van der Waals surface area contributed by atoms with E-state index in [1.54, 1.807) is 0 Å². The molecule has 3 aliphatic heterocycles. The SMILES string of the molecule is Cc1ncnc(C)c1C(=O)N1C[C@H]2C[C@@H](C1)[C@H](Cc1ccccc1)N1C(=O)CCC[C@@H]21. The topological polar surface area (TPSA) is 66.4 Å². The van der Waals surface area contributed by atoms with Gasteiger partial charge in [0, 0.05) is 31.6 Å². The summed E-state index contributed by atoms with van der Waals surface area (Å²) in [7, 11) is 0. The van der Waals surface area contributed by atoms with Gasteiger partial charge in [-0.25, -0.2) is 9.97 Å². The lowest BCUT2D eigenvalue weighted by molar-refractivity contribution is -0.151. The lowest BCUT2D eigenvalue weighted by atomic mass is 9.70. The molecule has 0 unspecified atom stereocenters. The first-order chi connectivity index (χ1) is 15.0. The minimum atomic E-state index is 0.0411. The van der Waals surface area contributed by atoms with Crippen LogP contribution in [-0.2, 0) is 11.2 Å². The lowest BCUT2D eigenvalue weighted by Gasteiger charge is -2.56. The molecule has 1 aromatic heterocycles. The maximum atomic E-state index is 13.5. The molecule has 2 aromatic rings. The van der Waals surface area contributed by atoms with Crippen molar-refractivity contribution < 1.29 is 9.59 Å². The standard InChI is InChI=1S/C25H30N4O2/c1-16-24(17(2)27-15-26-16)25(31)28-13-19-12-20(14-28)22(11-18-7-4-3-5-8-18)29-21(19)9-6-10-23(29)30/h3-5,7-8,15,19-22H,6,9-14H2,1-2H3/t19-,20+,21+,22+/m1/s1. The molecule has 1 aromatic carbocycles. The van der Waals surface area contributed by atoms with Crippen molar-refractivity contribution in [1.29, 1.82) is 0 Å². The van der Waals surface area contributed by atoms with Gasteiger partial charge < -0.3 is 9.80 Å². The summed E-state index contributed by atoms with van der Waals surface area (Å²) in [6.45, 7) is 5.17. The van der Waals surface area contributed by atoms with E-state index in [-0.39, 0.29) is 18.0 Å². The third-order valence-corrected chi connectivity index (χ3v) is 7.51. The zero-order valence-electron chi connectivity index (χ0n) is 18.3. The predicted octanol–water partition coefficient (Wildman–Crippen LogP) is 3.18. The Morgan fingerprint density at radius 3 is 2.52 bits per heavy atom. The third kappa shape index (κ3) is 3.62. The number of fused-ring (bicyclic) bond motifs is 4. The van der Waals surface area contributed by atoms with Crippen LogP contribution in [0, 0.1) is 25.7 Å². The van der Waals surface area contributed by atoms with Gasteiger partial charge in [0.05, 0.1) is 17.0 Å². The number of aryl methyl sites for hydroxylation is 2. The summed E-state index contributed by atoms with van der Waals surface area (Å²) in [5.41, 5.74) is 3.38. The van der Waals surface area contributed by atoms with E-state index < -0.39 is 0 Å². The van der Waals surface area contributed by atoms with Crippen molar-refractivity contribution in [1.82, 2.24) is 19.8 Å². The first kappa shape index (κ1) is 20.2. The van der Waals surface area contributed by atoms with Gasteiger partial charge >= 0.3 is 0 Å². The zero-order valence-corrected chi connectivity index (χ0v) is 18.3. The van der Waals surface area contributed by atoms with Crippen LogP contribution in [0.3, 0.4) is 0 Å². The molecular weight excluding hydrogens is 388 g/mol. The van der Waals surface area contributed by atoms with E-state index in [2.05, 4.69) is 39.1 Å². The second-order valence-electron chi connectivity index (χ2n) is 9.40. The van der Waals surface area contributed by atoms with Crippen LogP contribution in [0.5, 0.6) is 0 Å². The average molecular weight is 419 g/mol. The van der Waals surface area contributed by atoms with E-state index >= 15 is 0 Å². The van der Waals surface area contributed by atoms with Crippen LogP contribution < -0.4 is 0 Å². The molecule has 2 amide bonds. The summed E-state index contributed by atoms with van der Waals surface area (Å²) >= 11 is 0. The number of carbonyl (C=O) groups is 2. The maximum absolute atomic E-state index is 13.5. The minimum absolute atomic E-state index is 0.0411. The Morgan fingerprint density at radius 1 is 1.06 bits per heavy atom. The summed E-state index contributed by atoms with van der Waals surface area (Å²) < 4.78 is 0. The number of piperidine rings is 3. The van der Waals surface area contributed by atoms with Gasteiger partial charge in [-0.15, -0.1) is 0 Å². The van der Waals surface area contributed by atoms with Crippen LogP contribution >= 0.6 is 0 Å². The van der Waals surface area contributed by atoms with Crippen molar-refractivity contribution in [3.05, 3.63) is 59.2 Å². The molecule has 0 aliphatic carbocycles. The highest BCUT2D eigenvalue weighted by molar-refractivity contribution is 5.96. The van der Waals surface area contributed by atoms with Gasteiger partial charge in [-0.1, -0.05) is 30.3 Å². The Morgan fingerprint density at radius 2 is 1.77 bits per heavy atom. The number of benzene rings is 1.